The van der Waals surface area contributed by atoms with Gasteiger partial charge in [0.25, 0.3) is 11.8 Å². The number of fused-ring (bicyclic) bond motifs is 1. The molecule has 11 heteroatoms. The highest BCUT2D eigenvalue weighted by Gasteiger charge is 2.32. The summed E-state index contributed by atoms with van der Waals surface area (Å²) in [6.07, 6.45) is 2.71. The van der Waals surface area contributed by atoms with E-state index in [1.165, 1.54) is 46.5 Å². The number of rotatable bonds is 7. The highest BCUT2D eigenvalue weighted by molar-refractivity contribution is 6.11. The van der Waals surface area contributed by atoms with E-state index < -0.39 is 12.4 Å². The molecule has 0 fully saturated rings. The maximum Gasteiger partial charge on any atom is 0.388 e. The van der Waals surface area contributed by atoms with Crippen molar-refractivity contribution in [2.24, 2.45) is 0 Å². The maximum absolute atomic E-state index is 14.0. The van der Waals surface area contributed by atoms with Crippen LogP contribution in [0.1, 0.15) is 15.9 Å². The fourth-order valence-electron chi connectivity index (χ4n) is 3.44. The fraction of sp³-hybridized carbons (Fsp3) is 0.217. The first-order valence-corrected chi connectivity index (χ1v) is 10.1. The normalized spacial score (nSPS) is 12.6. The van der Waals surface area contributed by atoms with Gasteiger partial charge in [-0.05, 0) is 24.3 Å². The average Bonchev–Trinajstić information content (AvgIpc) is 3.14. The van der Waals surface area contributed by atoms with E-state index in [-0.39, 0.29) is 36.6 Å². The number of amides is 2. The molecule has 1 aliphatic heterocycles. The number of halogens is 3. The Balaban J connectivity index is 1.66. The Hall–Kier alpha value is -4.15. The lowest BCUT2D eigenvalue weighted by molar-refractivity contribution is -0.130. The van der Waals surface area contributed by atoms with Crippen molar-refractivity contribution < 1.29 is 32.2 Å². The van der Waals surface area contributed by atoms with Crippen molar-refractivity contribution in [2.45, 2.75) is 13.2 Å². The van der Waals surface area contributed by atoms with Crippen molar-refractivity contribution in [3.05, 3.63) is 65.7 Å². The van der Waals surface area contributed by atoms with Crippen molar-refractivity contribution in [2.75, 3.05) is 25.6 Å². The van der Waals surface area contributed by atoms with Crippen LogP contribution >= 0.6 is 0 Å². The Morgan fingerprint density at radius 2 is 1.94 bits per heavy atom. The number of benzene rings is 1. The van der Waals surface area contributed by atoms with Crippen molar-refractivity contribution in [3.63, 3.8) is 0 Å². The second kappa shape index (κ2) is 9.38. The van der Waals surface area contributed by atoms with Gasteiger partial charge in [-0.15, -0.1) is 0 Å². The predicted octanol–water partition coefficient (Wildman–Crippen LogP) is 3.51. The number of hydrogen-bond acceptors (Lipinski definition) is 6. The van der Waals surface area contributed by atoms with Gasteiger partial charge in [0.1, 0.15) is 11.6 Å². The minimum Gasteiger partial charge on any atom is -0.483 e. The lowest BCUT2D eigenvalue weighted by Crippen LogP contribution is -2.27. The maximum atomic E-state index is 14.0. The topological polar surface area (TPSA) is 84.9 Å². The van der Waals surface area contributed by atoms with Gasteiger partial charge in [0, 0.05) is 49.1 Å². The summed E-state index contributed by atoms with van der Waals surface area (Å²) in [4.78, 5) is 36.0. The third kappa shape index (κ3) is 4.63. The molecule has 3 heterocycles. The Labute approximate surface area is 192 Å². The number of carbonyl (C=O) groups is 2. The molecule has 0 unspecified atom stereocenters. The van der Waals surface area contributed by atoms with Gasteiger partial charge in [0.05, 0.1) is 24.1 Å². The Morgan fingerprint density at radius 3 is 2.62 bits per heavy atom. The van der Waals surface area contributed by atoms with E-state index in [9.17, 15) is 22.8 Å². The molecule has 8 nitrogen and oxygen atoms in total. The van der Waals surface area contributed by atoms with Crippen LogP contribution in [0.4, 0.5) is 18.9 Å². The Morgan fingerprint density at radius 1 is 1.15 bits per heavy atom. The molecule has 4 rings (SSSR count). The zero-order chi connectivity index (χ0) is 24.4. The second-order valence-corrected chi connectivity index (χ2v) is 7.53. The second-order valence-electron chi connectivity index (χ2n) is 7.53. The molecule has 176 valence electrons. The van der Waals surface area contributed by atoms with Crippen LogP contribution in [0.25, 0.3) is 11.3 Å². The van der Waals surface area contributed by atoms with Gasteiger partial charge in [-0.2, -0.15) is 8.78 Å². The van der Waals surface area contributed by atoms with Gasteiger partial charge < -0.3 is 19.3 Å². The van der Waals surface area contributed by atoms with Gasteiger partial charge in [-0.3, -0.25) is 14.6 Å². The third-order valence-electron chi connectivity index (χ3n) is 5.14. The molecule has 3 aromatic rings. The summed E-state index contributed by atoms with van der Waals surface area (Å²) >= 11 is 0. The van der Waals surface area contributed by atoms with Crippen LogP contribution in [-0.4, -0.2) is 54.0 Å². The summed E-state index contributed by atoms with van der Waals surface area (Å²) < 4.78 is 48.5. The molecular formula is C23H19F3N4O4. The molecule has 0 saturated heterocycles. The smallest absolute Gasteiger partial charge is 0.388 e. The van der Waals surface area contributed by atoms with Gasteiger partial charge in [-0.1, -0.05) is 0 Å². The largest absolute Gasteiger partial charge is 0.483 e. The third-order valence-corrected chi connectivity index (χ3v) is 5.14. The summed E-state index contributed by atoms with van der Waals surface area (Å²) in [5.74, 6) is -1.37. The van der Waals surface area contributed by atoms with E-state index in [0.717, 1.165) is 6.07 Å². The first-order chi connectivity index (χ1) is 16.2. The van der Waals surface area contributed by atoms with E-state index >= 15 is 0 Å². The summed E-state index contributed by atoms with van der Waals surface area (Å²) in [5.41, 5.74) is 2.12. The van der Waals surface area contributed by atoms with Crippen LogP contribution in [0.5, 0.6) is 11.6 Å². The van der Waals surface area contributed by atoms with E-state index in [1.54, 1.807) is 20.2 Å². The van der Waals surface area contributed by atoms with Gasteiger partial charge in [-0.25, -0.2) is 9.37 Å². The van der Waals surface area contributed by atoms with Crippen LogP contribution < -0.4 is 14.4 Å². The Bertz CT molecular complexity index is 1240. The van der Waals surface area contributed by atoms with Gasteiger partial charge >= 0.3 is 6.61 Å². The minimum atomic E-state index is -3.01. The summed E-state index contributed by atoms with van der Waals surface area (Å²) in [6, 6.07) is 8.10. The number of aromatic nitrogens is 2. The number of likely N-dealkylation sites (N-methyl/N-ethyl adjacent to an activating group) is 1. The first-order valence-electron chi connectivity index (χ1n) is 10.1. The molecule has 0 aliphatic carbocycles. The highest BCUT2D eigenvalue weighted by Crippen LogP contribution is 2.37. The molecule has 0 bridgehead atoms. The van der Waals surface area contributed by atoms with Crippen molar-refractivity contribution >= 4 is 17.5 Å². The predicted molar refractivity (Wildman–Crippen MR) is 115 cm³/mol. The lowest BCUT2D eigenvalue weighted by atomic mass is 10.0. The van der Waals surface area contributed by atoms with E-state index in [0.29, 0.717) is 28.1 Å². The number of hydrogen-bond donors (Lipinski definition) is 0. The molecule has 0 saturated carbocycles. The van der Waals surface area contributed by atoms with E-state index in [1.807, 2.05) is 0 Å². The molecule has 0 N–H and O–H groups in total. The van der Waals surface area contributed by atoms with Gasteiger partial charge in [0.15, 0.2) is 6.61 Å². The molecular weight excluding hydrogens is 453 g/mol. The average molecular weight is 472 g/mol. The number of anilines is 1. The highest BCUT2D eigenvalue weighted by atomic mass is 19.3. The summed E-state index contributed by atoms with van der Waals surface area (Å²) in [5, 5.41) is 0. The zero-order valence-corrected chi connectivity index (χ0v) is 18.2. The Kier molecular flexibility index (Phi) is 6.35. The van der Waals surface area contributed by atoms with Crippen LogP contribution in [0.15, 0.2) is 48.8 Å². The SMILES string of the molecule is CN(C)C(=O)COc1cc(F)ccc1-c1nccc2c1CN(c1ccc(OC(F)F)nc1)C2=O. The number of nitrogens with zero attached hydrogens (tertiary/aromatic N) is 4. The summed E-state index contributed by atoms with van der Waals surface area (Å²) in [6.45, 7) is -3.20. The van der Waals surface area contributed by atoms with Crippen LogP contribution in [0, 0.1) is 5.82 Å². The molecule has 1 aliphatic rings. The molecule has 34 heavy (non-hydrogen) atoms. The van der Waals surface area contributed by atoms with Crippen molar-refractivity contribution in [1.82, 2.24) is 14.9 Å². The molecule has 2 aromatic heterocycles. The number of alkyl halides is 2. The van der Waals surface area contributed by atoms with Crippen molar-refractivity contribution in [3.8, 4) is 22.9 Å². The quantitative estimate of drug-likeness (QED) is 0.523. The zero-order valence-electron chi connectivity index (χ0n) is 18.2. The fourth-order valence-corrected chi connectivity index (χ4v) is 3.44. The van der Waals surface area contributed by atoms with Crippen LogP contribution in [-0.2, 0) is 11.3 Å². The molecule has 1 aromatic carbocycles. The summed E-state index contributed by atoms with van der Waals surface area (Å²) in [7, 11) is 3.15. The lowest BCUT2D eigenvalue weighted by Gasteiger charge is -2.16. The number of ether oxygens (including phenoxy) is 2. The first kappa shape index (κ1) is 23.0. The van der Waals surface area contributed by atoms with Crippen molar-refractivity contribution in [1.29, 1.82) is 0 Å². The minimum absolute atomic E-state index is 0.108. The van der Waals surface area contributed by atoms with E-state index in [2.05, 4.69) is 14.7 Å². The van der Waals surface area contributed by atoms with E-state index in [4.69, 9.17) is 4.74 Å². The molecule has 0 atom stereocenters. The van der Waals surface area contributed by atoms with Crippen LogP contribution in [0.3, 0.4) is 0 Å². The molecule has 0 spiro atoms. The standard InChI is InChI=1S/C23H19F3N4O4/c1-29(2)20(31)12-33-18-9-13(24)3-5-16(18)21-17-11-30(22(32)15(17)7-8-27-21)14-4-6-19(28-10-14)34-23(25)26/h3-10,23H,11-12H2,1-2H3. The molecule has 0 radical (unpaired) electrons. The monoisotopic (exact) mass is 472 g/mol. The number of pyridine rings is 2. The van der Waals surface area contributed by atoms with Gasteiger partial charge in [0.2, 0.25) is 5.88 Å². The number of carbonyl (C=O) groups excluding carboxylic acids is 2. The van der Waals surface area contributed by atoms with Crippen LogP contribution in [0.2, 0.25) is 0 Å². The molecule has 2 amide bonds.